The van der Waals surface area contributed by atoms with Gasteiger partial charge < -0.3 is 19.3 Å². The van der Waals surface area contributed by atoms with Crippen LogP contribution in [0.2, 0.25) is 5.02 Å². The van der Waals surface area contributed by atoms with Crippen LogP contribution < -0.4 is 5.56 Å². The largest absolute Gasteiger partial charge is 0.501 e. The van der Waals surface area contributed by atoms with Crippen LogP contribution in [0.25, 0.3) is 16.5 Å². The van der Waals surface area contributed by atoms with E-state index in [4.69, 9.17) is 16.3 Å². The molecular formula is C24H23ClFN5O4S. The molecule has 4 aromatic rings. The maximum absolute atomic E-state index is 13.5. The van der Waals surface area contributed by atoms with Gasteiger partial charge in [0.25, 0.3) is 0 Å². The Kier molecular flexibility index (Phi) is 6.54. The molecule has 2 atom stereocenters. The molecule has 1 aromatic carbocycles. The van der Waals surface area contributed by atoms with Gasteiger partial charge in [0.2, 0.25) is 17.4 Å². The third-order valence-electron chi connectivity index (χ3n) is 5.92. The minimum Gasteiger partial charge on any atom is -0.501 e. The van der Waals surface area contributed by atoms with E-state index in [1.165, 1.54) is 28.0 Å². The number of carbonyl (C=O) groups is 1. The molecule has 1 aliphatic rings. The van der Waals surface area contributed by atoms with Crippen molar-refractivity contribution in [1.82, 2.24) is 23.8 Å². The molecule has 0 aliphatic carbocycles. The van der Waals surface area contributed by atoms with Crippen LogP contribution in [0.1, 0.15) is 24.3 Å². The predicted molar refractivity (Wildman–Crippen MR) is 133 cm³/mol. The Morgan fingerprint density at radius 2 is 2.03 bits per heavy atom. The second kappa shape index (κ2) is 9.64. The zero-order valence-electron chi connectivity index (χ0n) is 19.5. The fourth-order valence-corrected chi connectivity index (χ4v) is 5.45. The fourth-order valence-electron chi connectivity index (χ4n) is 4.31. The maximum atomic E-state index is 13.5. The summed E-state index contributed by atoms with van der Waals surface area (Å²) in [5.74, 6) is -0.920. The van der Waals surface area contributed by atoms with Crippen LogP contribution in [0.5, 0.6) is 5.75 Å². The second-order valence-corrected chi connectivity index (χ2v) is 10.3. The molecule has 1 fully saturated rings. The van der Waals surface area contributed by atoms with Crippen LogP contribution in [-0.4, -0.2) is 60.1 Å². The van der Waals surface area contributed by atoms with Crippen LogP contribution in [0.3, 0.4) is 0 Å². The van der Waals surface area contributed by atoms with Gasteiger partial charge in [-0.1, -0.05) is 17.7 Å². The van der Waals surface area contributed by atoms with E-state index in [0.717, 1.165) is 10.4 Å². The molecule has 36 heavy (non-hydrogen) atoms. The Morgan fingerprint density at radius 3 is 2.75 bits per heavy atom. The molecule has 5 rings (SSSR count). The highest BCUT2D eigenvalue weighted by Gasteiger charge is 2.27. The molecule has 0 bridgehead atoms. The average Bonchev–Trinajstić information content (AvgIpc) is 3.45. The molecule has 0 saturated carbocycles. The first-order valence-corrected chi connectivity index (χ1v) is 12.5. The number of imidazole rings is 1. The molecule has 1 aliphatic heterocycles. The van der Waals surface area contributed by atoms with E-state index in [0.29, 0.717) is 24.5 Å². The molecule has 0 spiro atoms. The van der Waals surface area contributed by atoms with Crippen molar-refractivity contribution < 1.29 is 19.0 Å². The summed E-state index contributed by atoms with van der Waals surface area (Å²) in [4.78, 5) is 37.2. The van der Waals surface area contributed by atoms with Gasteiger partial charge in [-0.3, -0.25) is 9.59 Å². The van der Waals surface area contributed by atoms with E-state index >= 15 is 0 Å². The van der Waals surface area contributed by atoms with Crippen LogP contribution in [0.15, 0.2) is 41.6 Å². The number of hydrogen-bond donors (Lipinski definition) is 1. The first kappa shape index (κ1) is 24.4. The smallest absolute Gasteiger partial charge is 0.302 e. The van der Waals surface area contributed by atoms with E-state index in [2.05, 4.69) is 9.97 Å². The second-order valence-electron chi connectivity index (χ2n) is 8.82. The van der Waals surface area contributed by atoms with E-state index in [9.17, 15) is 19.1 Å². The lowest BCUT2D eigenvalue weighted by atomic mass is 10.1. The van der Waals surface area contributed by atoms with Crippen LogP contribution in [0.4, 0.5) is 4.39 Å². The summed E-state index contributed by atoms with van der Waals surface area (Å²) in [5, 5.41) is 11.0. The number of nitrogens with zero attached hydrogens (tertiary/aromatic N) is 5. The fraction of sp³-hybridized carbons (Fsp3) is 0.333. The Balaban J connectivity index is 1.43. The number of thiazole rings is 1. The summed E-state index contributed by atoms with van der Waals surface area (Å²) in [6, 6.07) is 4.48. The van der Waals surface area contributed by atoms with Crippen LogP contribution in [-0.2, 0) is 22.5 Å². The van der Waals surface area contributed by atoms with Crippen molar-refractivity contribution in [2.45, 2.75) is 39.0 Å². The highest BCUT2D eigenvalue weighted by atomic mass is 35.5. The first-order valence-electron chi connectivity index (χ1n) is 11.3. The van der Waals surface area contributed by atoms with Crippen molar-refractivity contribution in [1.29, 1.82) is 0 Å². The predicted octanol–water partition coefficient (Wildman–Crippen LogP) is 3.34. The summed E-state index contributed by atoms with van der Waals surface area (Å²) in [6.45, 7) is 4.81. The highest BCUT2D eigenvalue weighted by Crippen LogP contribution is 2.30. The molecule has 1 saturated heterocycles. The first-order chi connectivity index (χ1) is 17.2. The monoisotopic (exact) mass is 531 g/mol. The molecule has 12 heteroatoms. The van der Waals surface area contributed by atoms with E-state index in [1.807, 2.05) is 13.8 Å². The number of morpholine rings is 1. The molecule has 3 aromatic heterocycles. The summed E-state index contributed by atoms with van der Waals surface area (Å²) in [6.07, 6.45) is 4.99. The average molecular weight is 532 g/mol. The molecule has 4 heterocycles. The van der Waals surface area contributed by atoms with Crippen molar-refractivity contribution in [3.63, 3.8) is 0 Å². The van der Waals surface area contributed by atoms with Gasteiger partial charge in [-0.25, -0.2) is 18.8 Å². The number of carbonyl (C=O) groups excluding carboxylic acids is 1. The van der Waals surface area contributed by atoms with Crippen LogP contribution in [0, 0.1) is 5.82 Å². The van der Waals surface area contributed by atoms with Crippen molar-refractivity contribution in [2.24, 2.45) is 0 Å². The molecular weight excluding hydrogens is 509 g/mol. The Bertz CT molecular complexity index is 1510. The van der Waals surface area contributed by atoms with E-state index in [-0.39, 0.29) is 41.2 Å². The normalized spacial score (nSPS) is 18.2. The van der Waals surface area contributed by atoms with Gasteiger partial charge in [-0.05, 0) is 31.5 Å². The Labute approximate surface area is 214 Å². The Hall–Kier alpha value is -3.28. The summed E-state index contributed by atoms with van der Waals surface area (Å²) >= 11 is 7.13. The number of benzene rings is 1. The van der Waals surface area contributed by atoms with Gasteiger partial charge in [0.1, 0.15) is 17.4 Å². The van der Waals surface area contributed by atoms with Gasteiger partial charge in [0.15, 0.2) is 5.69 Å². The third-order valence-corrected chi connectivity index (χ3v) is 7.22. The van der Waals surface area contributed by atoms with Gasteiger partial charge >= 0.3 is 5.56 Å². The van der Waals surface area contributed by atoms with E-state index < -0.39 is 17.1 Å². The summed E-state index contributed by atoms with van der Waals surface area (Å²) in [7, 11) is 0. The molecule has 1 N–H and O–H groups in total. The van der Waals surface area contributed by atoms with Crippen molar-refractivity contribution in [3.8, 4) is 16.5 Å². The number of ether oxygens (including phenoxy) is 1. The number of aromatic nitrogens is 4. The quantitative estimate of drug-likeness (QED) is 0.424. The third kappa shape index (κ3) is 4.73. The molecule has 0 radical (unpaired) electrons. The van der Waals surface area contributed by atoms with Gasteiger partial charge in [-0.15, -0.1) is 11.3 Å². The molecule has 9 nitrogen and oxygen atoms in total. The topological polar surface area (TPSA) is 102 Å². The van der Waals surface area contributed by atoms with Crippen molar-refractivity contribution >= 4 is 34.6 Å². The minimum atomic E-state index is -0.656. The number of hydrogen-bond acceptors (Lipinski definition) is 7. The zero-order valence-corrected chi connectivity index (χ0v) is 21.1. The highest BCUT2D eigenvalue weighted by molar-refractivity contribution is 7.15. The molecule has 1 amide bonds. The zero-order chi connectivity index (χ0) is 25.6. The number of rotatable bonds is 5. The minimum absolute atomic E-state index is 0.0129. The van der Waals surface area contributed by atoms with Gasteiger partial charge in [0, 0.05) is 43.0 Å². The number of amides is 1. The maximum Gasteiger partial charge on any atom is 0.302 e. The van der Waals surface area contributed by atoms with Crippen molar-refractivity contribution in [3.05, 3.63) is 68.4 Å². The summed E-state index contributed by atoms with van der Waals surface area (Å²) in [5.41, 5.74) is 0.176. The number of aromatic hydroxyl groups is 1. The molecule has 188 valence electrons. The lowest BCUT2D eigenvalue weighted by Crippen LogP contribution is -2.49. The SMILES string of the molecule is CC1CN(C(=O)Cn2ccn3c(=O)c(O)c(-c4ncc(Cc5ccc(F)c(Cl)c5)s4)nc23)C[C@H](C)O1. The van der Waals surface area contributed by atoms with Gasteiger partial charge in [0.05, 0.1) is 17.2 Å². The standard InChI is InChI=1S/C24H23ClFN5O4S/c1-13-10-30(11-14(2)35-13)19(32)12-29-5-6-31-23(34)21(33)20(28-24(29)31)22-27-9-16(36-22)7-15-3-4-18(26)17(25)8-15/h3-6,8-9,13-14,33H,7,10-12H2,1-2H3/t13-,14?/m0/s1. The lowest BCUT2D eigenvalue weighted by molar-refractivity contribution is -0.143. The lowest BCUT2D eigenvalue weighted by Gasteiger charge is -2.35. The van der Waals surface area contributed by atoms with Gasteiger partial charge in [-0.2, -0.15) is 0 Å². The number of halogens is 2. The van der Waals surface area contributed by atoms with Crippen molar-refractivity contribution in [2.75, 3.05) is 13.1 Å². The Morgan fingerprint density at radius 1 is 1.28 bits per heavy atom. The summed E-state index contributed by atoms with van der Waals surface area (Å²) < 4.78 is 21.9. The van der Waals surface area contributed by atoms with Crippen LogP contribution >= 0.6 is 22.9 Å². The number of fused-ring (bicyclic) bond motifs is 1. The van der Waals surface area contributed by atoms with E-state index in [1.54, 1.807) is 34.0 Å². The molecule has 1 unspecified atom stereocenters.